The van der Waals surface area contributed by atoms with Crippen LogP contribution in [0.1, 0.15) is 90.2 Å². The number of aromatic nitrogens is 2. The summed E-state index contributed by atoms with van der Waals surface area (Å²) in [5.41, 5.74) is 9.52. The molecule has 68 heavy (non-hydrogen) atoms. The van der Waals surface area contributed by atoms with Gasteiger partial charge in [-0.1, -0.05) is 39.8 Å². The summed E-state index contributed by atoms with van der Waals surface area (Å²) >= 11 is 0. The van der Waals surface area contributed by atoms with Crippen molar-refractivity contribution in [3.63, 3.8) is 0 Å². The average molecular weight is 933 g/mol. The van der Waals surface area contributed by atoms with Crippen molar-refractivity contribution >= 4 is 40.5 Å². The number of pyridine rings is 1. The fraction of sp³-hybridized carbons (Fsp3) is 0.538. The maximum Gasteiger partial charge on any atom is 0.324 e. The number of esters is 1. The molecule has 2 aromatic carbocycles. The maximum absolute atomic E-state index is 14.7. The van der Waals surface area contributed by atoms with Crippen LogP contribution in [0.4, 0.5) is 0 Å². The van der Waals surface area contributed by atoms with Gasteiger partial charge in [-0.2, -0.15) is 0 Å². The lowest BCUT2D eigenvalue weighted by molar-refractivity contribution is -0.155. The first kappa shape index (κ1) is 48.6. The smallest absolute Gasteiger partial charge is 0.324 e. The molecule has 1 saturated carbocycles. The summed E-state index contributed by atoms with van der Waals surface area (Å²) in [5, 5.41) is 20.1. The Labute approximate surface area is 399 Å². The molecule has 6 bridgehead atoms. The van der Waals surface area contributed by atoms with E-state index >= 15 is 0 Å². The van der Waals surface area contributed by atoms with Crippen LogP contribution in [0.25, 0.3) is 33.3 Å². The third kappa shape index (κ3) is 9.99. The molecule has 0 unspecified atom stereocenters. The Balaban J connectivity index is 1.16. The van der Waals surface area contributed by atoms with E-state index in [1.807, 2.05) is 39.0 Å². The van der Waals surface area contributed by atoms with E-state index in [0.717, 1.165) is 51.8 Å². The van der Waals surface area contributed by atoms with E-state index in [2.05, 4.69) is 59.6 Å². The van der Waals surface area contributed by atoms with E-state index in [1.54, 1.807) is 39.5 Å². The number of nitrogens with zero attached hydrogens (tertiary/aromatic N) is 5. The number of aromatic hydroxyl groups is 1. The van der Waals surface area contributed by atoms with Gasteiger partial charge in [0.2, 0.25) is 17.7 Å². The number of fused-ring (bicyclic) bond motifs is 7. The first-order chi connectivity index (χ1) is 32.4. The Morgan fingerprint density at radius 1 is 1.04 bits per heavy atom. The molecular formula is C52H68N8O8. The number of nitrogens with one attached hydrogen (secondary N) is 3. The third-order valence-electron chi connectivity index (χ3n) is 14.4. The van der Waals surface area contributed by atoms with Crippen LogP contribution in [0.2, 0.25) is 0 Å². The van der Waals surface area contributed by atoms with Gasteiger partial charge in [0.05, 0.1) is 30.6 Å². The number of hydrazine groups is 1. The molecular weight excluding hydrogens is 865 g/mol. The average Bonchev–Trinajstić information content (AvgIpc) is 3.80. The number of carbonyl (C=O) groups is 5. The van der Waals surface area contributed by atoms with Gasteiger partial charge >= 0.3 is 5.97 Å². The van der Waals surface area contributed by atoms with Gasteiger partial charge in [0.15, 0.2) is 0 Å². The molecule has 8 rings (SSSR count). The number of hydrogen-bond donors (Lipinski definition) is 4. The normalized spacial score (nSPS) is 23.3. The molecule has 16 heteroatoms. The molecule has 0 radical (unpaired) electrons. The van der Waals surface area contributed by atoms with Crippen LogP contribution in [0.3, 0.4) is 0 Å². The van der Waals surface area contributed by atoms with E-state index in [9.17, 15) is 29.1 Å². The molecule has 1 aliphatic carbocycles. The molecule has 3 fully saturated rings. The minimum atomic E-state index is -1.17. The predicted molar refractivity (Wildman–Crippen MR) is 258 cm³/mol. The Hall–Kier alpha value is -5.84. The predicted octanol–water partition coefficient (Wildman–Crippen LogP) is 5.14. The van der Waals surface area contributed by atoms with Gasteiger partial charge in [0.1, 0.15) is 23.9 Å². The van der Waals surface area contributed by atoms with Gasteiger partial charge in [-0.25, -0.2) is 5.43 Å². The maximum atomic E-state index is 14.7. The Morgan fingerprint density at radius 2 is 1.79 bits per heavy atom. The second-order valence-corrected chi connectivity index (χ2v) is 20.5. The highest BCUT2D eigenvalue weighted by atomic mass is 16.5. The fourth-order valence-electron chi connectivity index (χ4n) is 10.7. The molecule has 4 N–H and O–H groups in total. The van der Waals surface area contributed by atoms with Crippen LogP contribution in [0, 0.1) is 17.3 Å². The van der Waals surface area contributed by atoms with Crippen molar-refractivity contribution in [1.82, 2.24) is 40.4 Å². The van der Waals surface area contributed by atoms with Crippen LogP contribution in [0.15, 0.2) is 54.7 Å². The van der Waals surface area contributed by atoms with Gasteiger partial charge in [-0.05, 0) is 111 Å². The molecule has 0 spiro atoms. The van der Waals surface area contributed by atoms with Crippen molar-refractivity contribution in [1.29, 1.82) is 0 Å². The second kappa shape index (κ2) is 19.6. The van der Waals surface area contributed by atoms with E-state index in [1.165, 1.54) is 14.8 Å². The quantitative estimate of drug-likeness (QED) is 0.115. The first-order valence-corrected chi connectivity index (χ1v) is 24.2. The number of piperidine rings is 1. The van der Waals surface area contributed by atoms with Crippen molar-refractivity contribution < 1.29 is 38.6 Å². The molecule has 16 nitrogen and oxygen atoms in total. The standard InChI is InChI=1S/C52H68N8O8/c1-10-59-43-16-15-32-23-37(43)38(47(59)36-13-11-17-53-45(36)30(4)67-9)26-52(5,6)28-68-51(66)39-14-12-18-60(56-39)50(65)42(21-31-19-33(32)22-35(61)20-31)55-48(63)46(29(2)3)58(8)44(62)27-57(7)49(64)34-24-40-41(25-34)54-40/h11,13,15-17,19-20,22-23,29-30,34,39-42,46,54,56,61H,10,12,14,18,21,24-28H2,1-9H3,(H,55,63)/t30-,34-,39-,40-,41+,42-,46-/m0/s1. The number of benzene rings is 2. The van der Waals surface area contributed by atoms with Crippen LogP contribution in [-0.4, -0.2) is 130 Å². The summed E-state index contributed by atoms with van der Waals surface area (Å²) in [4.78, 5) is 77.9. The zero-order valence-electron chi connectivity index (χ0n) is 40.9. The summed E-state index contributed by atoms with van der Waals surface area (Å²) in [6.45, 7) is 12.7. The van der Waals surface area contributed by atoms with Crippen LogP contribution in [0.5, 0.6) is 5.75 Å². The molecule has 7 atom stereocenters. The minimum absolute atomic E-state index is 0.0138. The van der Waals surface area contributed by atoms with Crippen molar-refractivity contribution in [2.75, 3.05) is 40.9 Å². The van der Waals surface area contributed by atoms with Crippen LogP contribution < -0.4 is 16.1 Å². The molecule has 4 amide bonds. The third-order valence-corrected chi connectivity index (χ3v) is 14.4. The zero-order valence-corrected chi connectivity index (χ0v) is 40.9. The molecule has 2 aromatic heterocycles. The van der Waals surface area contributed by atoms with Crippen molar-refractivity contribution in [3.8, 4) is 28.1 Å². The van der Waals surface area contributed by atoms with Crippen molar-refractivity contribution in [3.05, 3.63) is 71.5 Å². The summed E-state index contributed by atoms with van der Waals surface area (Å²) < 4.78 is 14.2. The Kier molecular flexibility index (Phi) is 14.0. The monoisotopic (exact) mass is 933 g/mol. The number of amides is 4. The number of cyclic esters (lactones) is 1. The lowest BCUT2D eigenvalue weighted by Crippen LogP contribution is -2.62. The number of ether oxygens (including phenoxy) is 2. The van der Waals surface area contributed by atoms with Gasteiger partial charge in [-0.15, -0.1) is 0 Å². The second-order valence-electron chi connectivity index (χ2n) is 20.5. The number of methoxy groups -OCH3 is 1. The number of aryl methyl sites for hydroxylation is 1. The van der Waals surface area contributed by atoms with E-state index in [0.29, 0.717) is 49.0 Å². The molecule has 364 valence electrons. The highest BCUT2D eigenvalue weighted by Gasteiger charge is 2.48. The highest BCUT2D eigenvalue weighted by molar-refractivity contribution is 5.96. The van der Waals surface area contributed by atoms with Crippen LogP contribution >= 0.6 is 0 Å². The van der Waals surface area contributed by atoms with Crippen molar-refractivity contribution in [2.45, 2.75) is 123 Å². The van der Waals surface area contributed by atoms with E-state index < -0.39 is 47.2 Å². The number of hydrogen-bond acceptors (Lipinski definition) is 11. The van der Waals surface area contributed by atoms with Gasteiger partial charge in [0, 0.05) is 86.8 Å². The molecule has 4 aromatic rings. The van der Waals surface area contributed by atoms with E-state index in [4.69, 9.17) is 14.5 Å². The molecule has 3 aliphatic heterocycles. The summed E-state index contributed by atoms with van der Waals surface area (Å²) in [6.07, 6.45) is 4.46. The lowest BCUT2D eigenvalue weighted by atomic mass is 9.84. The lowest BCUT2D eigenvalue weighted by Gasteiger charge is -2.37. The Morgan fingerprint density at radius 3 is 2.50 bits per heavy atom. The zero-order chi connectivity index (χ0) is 48.8. The Bertz CT molecular complexity index is 2580. The van der Waals surface area contributed by atoms with Gasteiger partial charge in [-0.3, -0.25) is 34.0 Å². The first-order valence-electron chi connectivity index (χ1n) is 24.2. The number of phenolic OH excluding ortho intramolecular Hbond substituents is 1. The van der Waals surface area contributed by atoms with Gasteiger partial charge < -0.3 is 39.6 Å². The fourth-order valence-corrected chi connectivity index (χ4v) is 10.7. The topological polar surface area (TPSA) is 198 Å². The summed E-state index contributed by atoms with van der Waals surface area (Å²) in [5.74, 6) is -2.52. The number of rotatable bonds is 11. The number of likely N-dealkylation sites (N-methyl/N-ethyl adjacent to an activating group) is 2. The molecule has 5 heterocycles. The number of phenols is 1. The SMILES string of the molecule is CCn1c(-c2cccnc2[C@H](C)OC)c2c3cc(ccc31)-c1cc(O)cc(c1)C[C@H](NC(=O)[C@H](C(C)C)N(C)C(=O)CN(C)C(=O)[C@H]1C[C@@H]3N[C@@H]3C1)C(=O)N1CCC[C@H](N1)C(=O)OCC(C)(C)C2. The van der Waals surface area contributed by atoms with E-state index in [-0.39, 0.29) is 55.7 Å². The van der Waals surface area contributed by atoms with Crippen molar-refractivity contribution in [2.24, 2.45) is 17.3 Å². The highest BCUT2D eigenvalue weighted by Crippen LogP contribution is 2.42. The summed E-state index contributed by atoms with van der Waals surface area (Å²) in [6, 6.07) is 13.2. The van der Waals surface area contributed by atoms with Crippen LogP contribution in [-0.2, 0) is 52.8 Å². The van der Waals surface area contributed by atoms with Gasteiger partial charge in [0.25, 0.3) is 5.91 Å². The summed E-state index contributed by atoms with van der Waals surface area (Å²) in [7, 11) is 4.84. The molecule has 4 aliphatic rings. The largest absolute Gasteiger partial charge is 0.508 e. The number of carbonyl (C=O) groups excluding carboxylic acids is 5. The molecule has 2 saturated heterocycles. The minimum Gasteiger partial charge on any atom is -0.508 e.